The first kappa shape index (κ1) is 17.2. The number of amides is 2. The largest absolute Gasteiger partial charge is 0.480 e. The molecular formula is C10H15F3N2O4. The van der Waals surface area contributed by atoms with E-state index < -0.39 is 49.5 Å². The van der Waals surface area contributed by atoms with Crippen molar-refractivity contribution in [1.82, 2.24) is 10.2 Å². The highest BCUT2D eigenvalue weighted by atomic mass is 19.4. The smallest absolute Gasteiger partial charge is 0.405 e. The second kappa shape index (κ2) is 6.95. The van der Waals surface area contributed by atoms with Crippen molar-refractivity contribution in [2.24, 2.45) is 0 Å². The van der Waals surface area contributed by atoms with Crippen LogP contribution in [0, 0.1) is 0 Å². The molecule has 0 heterocycles. The maximum absolute atomic E-state index is 11.8. The first-order valence-corrected chi connectivity index (χ1v) is 5.37. The molecule has 0 atom stereocenters. The molecule has 0 aliphatic carbocycles. The van der Waals surface area contributed by atoms with Gasteiger partial charge in [0, 0.05) is 6.04 Å². The Balaban J connectivity index is 4.40. The summed E-state index contributed by atoms with van der Waals surface area (Å²) in [6.45, 7) is 0.936. The number of alkyl halides is 3. The molecule has 0 aliphatic heterocycles. The molecule has 2 amide bonds. The lowest BCUT2D eigenvalue weighted by molar-refractivity contribution is -0.148. The Kier molecular flexibility index (Phi) is 6.30. The van der Waals surface area contributed by atoms with Crippen molar-refractivity contribution >= 4 is 17.8 Å². The number of nitrogens with one attached hydrogen (secondary N) is 1. The van der Waals surface area contributed by atoms with E-state index in [-0.39, 0.29) is 0 Å². The minimum Gasteiger partial charge on any atom is -0.480 e. The van der Waals surface area contributed by atoms with Crippen LogP contribution in [0.25, 0.3) is 0 Å². The molecule has 0 saturated carbocycles. The normalized spacial score (nSPS) is 11.3. The lowest BCUT2D eigenvalue weighted by atomic mass is 10.2. The number of nitrogens with zero attached hydrogens (tertiary/aromatic N) is 1. The molecule has 0 unspecified atom stereocenters. The molecule has 0 saturated heterocycles. The summed E-state index contributed by atoms with van der Waals surface area (Å²) in [5.41, 5.74) is 0. The fourth-order valence-electron chi connectivity index (χ4n) is 1.20. The number of rotatable bonds is 6. The van der Waals surface area contributed by atoms with Crippen LogP contribution in [0.4, 0.5) is 13.2 Å². The molecule has 2 N–H and O–H groups in total. The Hall–Kier alpha value is -1.80. The quantitative estimate of drug-likeness (QED) is 0.690. The summed E-state index contributed by atoms with van der Waals surface area (Å²) >= 11 is 0. The van der Waals surface area contributed by atoms with E-state index in [0.717, 1.165) is 4.90 Å². The predicted molar refractivity (Wildman–Crippen MR) is 58.2 cm³/mol. The number of carbonyl (C=O) groups excluding carboxylic acids is 2. The van der Waals surface area contributed by atoms with Crippen LogP contribution < -0.4 is 5.32 Å². The minimum absolute atomic E-state index is 0.473. The number of carbonyl (C=O) groups is 3. The van der Waals surface area contributed by atoms with E-state index in [0.29, 0.717) is 0 Å². The zero-order valence-corrected chi connectivity index (χ0v) is 10.5. The minimum atomic E-state index is -4.56. The molecule has 0 fully saturated rings. The molecule has 6 nitrogen and oxygen atoms in total. The van der Waals surface area contributed by atoms with Crippen LogP contribution in [-0.4, -0.2) is 53.1 Å². The predicted octanol–water partition coefficient (Wildman–Crippen LogP) is 0.377. The topological polar surface area (TPSA) is 86.7 Å². The summed E-state index contributed by atoms with van der Waals surface area (Å²) in [5, 5.41) is 10.1. The summed E-state index contributed by atoms with van der Waals surface area (Å²) in [7, 11) is 0. The van der Waals surface area contributed by atoms with Crippen molar-refractivity contribution in [1.29, 1.82) is 0 Å². The van der Waals surface area contributed by atoms with Crippen LogP contribution in [0.3, 0.4) is 0 Å². The standard InChI is InChI=1S/C10H15F3N2O4/c1-6(2)15(4-9(18)19)8(17)3-7(16)14-5-10(11,12)13/h6H,3-5H2,1-2H3,(H,14,16)(H,18,19). The molecular weight excluding hydrogens is 269 g/mol. The molecule has 0 radical (unpaired) electrons. The highest BCUT2D eigenvalue weighted by molar-refractivity contribution is 5.97. The number of aliphatic carboxylic acids is 1. The number of halogens is 3. The van der Waals surface area contributed by atoms with Crippen LogP contribution in [0.2, 0.25) is 0 Å². The number of carboxylic acid groups (broad SMARTS) is 1. The van der Waals surface area contributed by atoms with Gasteiger partial charge in [-0.3, -0.25) is 14.4 Å². The molecule has 0 rings (SSSR count). The summed E-state index contributed by atoms with van der Waals surface area (Å²) in [6, 6.07) is -0.473. The fourth-order valence-corrected chi connectivity index (χ4v) is 1.20. The van der Waals surface area contributed by atoms with Crippen molar-refractivity contribution in [3.63, 3.8) is 0 Å². The third kappa shape index (κ3) is 8.01. The van der Waals surface area contributed by atoms with Crippen molar-refractivity contribution in [2.75, 3.05) is 13.1 Å². The van der Waals surface area contributed by atoms with Gasteiger partial charge >= 0.3 is 12.1 Å². The molecule has 9 heteroatoms. The van der Waals surface area contributed by atoms with Gasteiger partial charge in [0.05, 0.1) is 0 Å². The highest BCUT2D eigenvalue weighted by Gasteiger charge is 2.29. The molecule has 0 aromatic heterocycles. The van der Waals surface area contributed by atoms with Crippen LogP contribution in [0.5, 0.6) is 0 Å². The van der Waals surface area contributed by atoms with Crippen LogP contribution in [-0.2, 0) is 14.4 Å². The second-order valence-electron chi connectivity index (χ2n) is 4.08. The van der Waals surface area contributed by atoms with Gasteiger partial charge in [-0.1, -0.05) is 0 Å². The van der Waals surface area contributed by atoms with Gasteiger partial charge in [0.1, 0.15) is 19.5 Å². The van der Waals surface area contributed by atoms with Crippen molar-refractivity contribution in [3.05, 3.63) is 0 Å². The van der Waals surface area contributed by atoms with Crippen molar-refractivity contribution in [2.45, 2.75) is 32.5 Å². The first-order valence-electron chi connectivity index (χ1n) is 5.37. The Morgan fingerprint density at radius 1 is 1.26 bits per heavy atom. The van der Waals surface area contributed by atoms with Gasteiger partial charge in [0.15, 0.2) is 0 Å². The van der Waals surface area contributed by atoms with E-state index in [1.807, 2.05) is 0 Å². The Morgan fingerprint density at radius 2 is 1.79 bits per heavy atom. The van der Waals surface area contributed by atoms with E-state index in [1.54, 1.807) is 5.32 Å². The molecule has 0 bridgehead atoms. The van der Waals surface area contributed by atoms with Gasteiger partial charge < -0.3 is 15.3 Å². The van der Waals surface area contributed by atoms with Gasteiger partial charge in [-0.25, -0.2) is 0 Å². The number of hydrogen-bond donors (Lipinski definition) is 2. The zero-order chi connectivity index (χ0) is 15.2. The average Bonchev–Trinajstić information content (AvgIpc) is 2.21. The average molecular weight is 284 g/mol. The fraction of sp³-hybridized carbons (Fsp3) is 0.700. The van der Waals surface area contributed by atoms with E-state index in [1.165, 1.54) is 13.8 Å². The van der Waals surface area contributed by atoms with Gasteiger partial charge in [-0.05, 0) is 13.8 Å². The number of hydrogen-bond acceptors (Lipinski definition) is 3. The van der Waals surface area contributed by atoms with Gasteiger partial charge in [0.2, 0.25) is 11.8 Å². The molecule has 0 aromatic carbocycles. The first-order chi connectivity index (χ1) is 8.53. The van der Waals surface area contributed by atoms with Gasteiger partial charge in [-0.2, -0.15) is 13.2 Å². The van der Waals surface area contributed by atoms with Crippen LogP contribution in [0.1, 0.15) is 20.3 Å². The third-order valence-electron chi connectivity index (χ3n) is 2.05. The maximum atomic E-state index is 11.8. The Morgan fingerprint density at radius 3 is 2.16 bits per heavy atom. The molecule has 19 heavy (non-hydrogen) atoms. The van der Waals surface area contributed by atoms with E-state index in [4.69, 9.17) is 5.11 Å². The Labute approximate surface area is 107 Å². The van der Waals surface area contributed by atoms with Gasteiger partial charge in [0.25, 0.3) is 0 Å². The molecule has 110 valence electrons. The summed E-state index contributed by atoms with van der Waals surface area (Å²) in [5.74, 6) is -3.20. The lowest BCUT2D eigenvalue weighted by Crippen LogP contribution is -2.43. The lowest BCUT2D eigenvalue weighted by Gasteiger charge is -2.24. The summed E-state index contributed by atoms with van der Waals surface area (Å²) in [4.78, 5) is 34.1. The monoisotopic (exact) mass is 284 g/mol. The van der Waals surface area contributed by atoms with E-state index >= 15 is 0 Å². The molecule has 0 aromatic rings. The SMILES string of the molecule is CC(C)N(CC(=O)O)C(=O)CC(=O)NCC(F)(F)F. The summed E-state index contributed by atoms with van der Waals surface area (Å²) in [6.07, 6.45) is -5.38. The maximum Gasteiger partial charge on any atom is 0.405 e. The zero-order valence-electron chi connectivity index (χ0n) is 10.5. The van der Waals surface area contributed by atoms with Gasteiger partial charge in [-0.15, -0.1) is 0 Å². The molecule has 0 spiro atoms. The molecule has 0 aliphatic rings. The third-order valence-corrected chi connectivity index (χ3v) is 2.05. The van der Waals surface area contributed by atoms with E-state index in [9.17, 15) is 27.6 Å². The highest BCUT2D eigenvalue weighted by Crippen LogP contribution is 2.12. The van der Waals surface area contributed by atoms with Crippen molar-refractivity contribution in [3.8, 4) is 0 Å². The summed E-state index contributed by atoms with van der Waals surface area (Å²) < 4.78 is 35.5. The van der Waals surface area contributed by atoms with E-state index in [2.05, 4.69) is 0 Å². The van der Waals surface area contributed by atoms with Crippen LogP contribution in [0.15, 0.2) is 0 Å². The second-order valence-corrected chi connectivity index (χ2v) is 4.08. The van der Waals surface area contributed by atoms with Crippen molar-refractivity contribution < 1.29 is 32.7 Å². The van der Waals surface area contributed by atoms with Crippen LogP contribution >= 0.6 is 0 Å². The number of carboxylic acids is 1. The Bertz CT molecular complexity index is 355.